The van der Waals surface area contributed by atoms with Gasteiger partial charge in [-0.1, -0.05) is 30.3 Å². The Morgan fingerprint density at radius 3 is 2.65 bits per heavy atom. The summed E-state index contributed by atoms with van der Waals surface area (Å²) in [5.74, 6) is -0.172. The minimum absolute atomic E-state index is 0.0247. The summed E-state index contributed by atoms with van der Waals surface area (Å²) >= 11 is 0. The summed E-state index contributed by atoms with van der Waals surface area (Å²) in [4.78, 5) is 29.0. The first-order valence-electron chi connectivity index (χ1n) is 10.8. The number of rotatable bonds is 8. The molecule has 34 heavy (non-hydrogen) atoms. The van der Waals surface area contributed by atoms with Crippen LogP contribution in [0.3, 0.4) is 0 Å². The highest BCUT2D eigenvalue weighted by atomic mass is 19.1. The number of carbonyl (C=O) groups excluding carboxylic acids is 2. The molecule has 0 aliphatic carbocycles. The second-order valence-corrected chi connectivity index (χ2v) is 7.93. The molecule has 178 valence electrons. The molecule has 11 heteroatoms. The molecular weight excluding hydrogens is 443 g/mol. The fourth-order valence-electron chi connectivity index (χ4n) is 3.69. The molecule has 0 radical (unpaired) electrons. The summed E-state index contributed by atoms with van der Waals surface area (Å²) in [7, 11) is 1.59. The number of carbonyl (C=O) groups is 2. The van der Waals surface area contributed by atoms with Crippen molar-refractivity contribution >= 4 is 11.8 Å². The van der Waals surface area contributed by atoms with Gasteiger partial charge in [0.25, 0.3) is 0 Å². The van der Waals surface area contributed by atoms with Crippen molar-refractivity contribution in [2.45, 2.75) is 25.8 Å². The summed E-state index contributed by atoms with van der Waals surface area (Å²) in [5, 5.41) is 10.8. The maximum atomic E-state index is 14.1. The van der Waals surface area contributed by atoms with Gasteiger partial charge in [-0.2, -0.15) is 0 Å². The lowest BCUT2D eigenvalue weighted by molar-refractivity contribution is -0.139. The Bertz CT molecular complexity index is 1110. The Hall–Kier alpha value is -3.86. The van der Waals surface area contributed by atoms with Crippen molar-refractivity contribution in [2.75, 3.05) is 26.7 Å². The monoisotopic (exact) mass is 468 g/mol. The zero-order chi connectivity index (χ0) is 23.9. The Balaban J connectivity index is 1.50. The molecule has 0 N–H and O–H groups in total. The average Bonchev–Trinajstić information content (AvgIpc) is 3.30. The van der Waals surface area contributed by atoms with Crippen molar-refractivity contribution in [1.82, 2.24) is 30.0 Å². The van der Waals surface area contributed by atoms with Crippen LogP contribution in [-0.4, -0.2) is 74.7 Å². The fourth-order valence-corrected chi connectivity index (χ4v) is 3.69. The number of hydrogen-bond donors (Lipinski definition) is 0. The van der Waals surface area contributed by atoms with Crippen LogP contribution >= 0.6 is 0 Å². The molecule has 1 atom stereocenters. The Morgan fingerprint density at radius 2 is 1.94 bits per heavy atom. The molecule has 2 aromatic carbocycles. The maximum absolute atomic E-state index is 14.1. The highest BCUT2D eigenvalue weighted by Gasteiger charge is 2.31. The van der Waals surface area contributed by atoms with Gasteiger partial charge in [0.1, 0.15) is 24.4 Å². The van der Waals surface area contributed by atoms with E-state index in [2.05, 4.69) is 15.5 Å². The number of benzene rings is 2. The van der Waals surface area contributed by atoms with Gasteiger partial charge in [-0.3, -0.25) is 9.59 Å². The minimum atomic E-state index is -0.512. The van der Waals surface area contributed by atoms with Crippen molar-refractivity contribution in [1.29, 1.82) is 0 Å². The number of amides is 2. The third-order valence-electron chi connectivity index (χ3n) is 5.53. The van der Waals surface area contributed by atoms with E-state index in [0.717, 1.165) is 11.3 Å². The van der Waals surface area contributed by atoms with Gasteiger partial charge in [-0.25, -0.2) is 9.07 Å². The number of ether oxygens (including phenoxy) is 2. The topological polar surface area (TPSA) is 103 Å². The molecule has 1 fully saturated rings. The van der Waals surface area contributed by atoms with E-state index in [1.165, 1.54) is 22.0 Å². The van der Waals surface area contributed by atoms with E-state index in [1.807, 2.05) is 24.3 Å². The maximum Gasteiger partial charge on any atom is 0.245 e. The standard InChI is InChI=1S/C23H25FN6O4/c1-33-19-8-6-17(7-9-19)10-28-11-20(34-15-18-4-2-3-5-21(18)24)12-29(13-22(28)31)23(32)14-30-16-25-26-27-30/h2-9,16,20H,10-15H2,1H3/t20-/m1/s1. The number of aromatic nitrogens is 4. The highest BCUT2D eigenvalue weighted by Crippen LogP contribution is 2.17. The van der Waals surface area contributed by atoms with Crippen molar-refractivity contribution < 1.29 is 23.5 Å². The van der Waals surface area contributed by atoms with Crippen LogP contribution in [0.5, 0.6) is 5.75 Å². The van der Waals surface area contributed by atoms with Crippen LogP contribution in [0.15, 0.2) is 54.9 Å². The van der Waals surface area contributed by atoms with E-state index >= 15 is 0 Å². The minimum Gasteiger partial charge on any atom is -0.497 e. The molecular formula is C23H25FN6O4. The quantitative estimate of drug-likeness (QED) is 0.491. The number of methoxy groups -OCH3 is 1. The van der Waals surface area contributed by atoms with Crippen LogP contribution in [0.4, 0.5) is 4.39 Å². The molecule has 1 aromatic heterocycles. The first kappa shape index (κ1) is 23.3. The van der Waals surface area contributed by atoms with Gasteiger partial charge in [0.15, 0.2) is 0 Å². The lowest BCUT2D eigenvalue weighted by Crippen LogP contribution is -2.41. The normalized spacial score (nSPS) is 16.4. The molecule has 1 aliphatic rings. The molecule has 1 saturated heterocycles. The first-order chi connectivity index (χ1) is 16.5. The Morgan fingerprint density at radius 1 is 1.15 bits per heavy atom. The molecule has 0 spiro atoms. The predicted octanol–water partition coefficient (Wildman–Crippen LogP) is 1.28. The van der Waals surface area contributed by atoms with Gasteiger partial charge >= 0.3 is 0 Å². The number of hydrogen-bond acceptors (Lipinski definition) is 7. The van der Waals surface area contributed by atoms with Gasteiger partial charge in [0.2, 0.25) is 11.8 Å². The zero-order valence-electron chi connectivity index (χ0n) is 18.7. The lowest BCUT2D eigenvalue weighted by Gasteiger charge is -2.25. The summed E-state index contributed by atoms with van der Waals surface area (Å²) in [6.45, 7) is 0.609. The Kier molecular flexibility index (Phi) is 7.43. The zero-order valence-corrected chi connectivity index (χ0v) is 18.7. The van der Waals surface area contributed by atoms with E-state index in [4.69, 9.17) is 9.47 Å². The molecule has 4 rings (SSSR count). The smallest absolute Gasteiger partial charge is 0.245 e. The molecule has 1 aliphatic heterocycles. The summed E-state index contributed by atoms with van der Waals surface area (Å²) in [6.07, 6.45) is 0.821. The van der Waals surface area contributed by atoms with E-state index in [1.54, 1.807) is 30.2 Å². The molecule has 2 heterocycles. The van der Waals surface area contributed by atoms with Crippen LogP contribution in [0, 0.1) is 5.82 Å². The summed E-state index contributed by atoms with van der Waals surface area (Å²) in [5.41, 5.74) is 1.32. The van der Waals surface area contributed by atoms with E-state index in [-0.39, 0.29) is 50.4 Å². The van der Waals surface area contributed by atoms with Gasteiger partial charge < -0.3 is 19.3 Å². The van der Waals surface area contributed by atoms with E-state index < -0.39 is 6.10 Å². The Labute approximate surface area is 195 Å². The summed E-state index contributed by atoms with van der Waals surface area (Å²) in [6, 6.07) is 13.8. The van der Waals surface area contributed by atoms with Gasteiger partial charge in [-0.05, 0) is 34.2 Å². The van der Waals surface area contributed by atoms with Crippen molar-refractivity contribution in [2.24, 2.45) is 0 Å². The van der Waals surface area contributed by atoms with Crippen molar-refractivity contribution in [3.8, 4) is 5.75 Å². The van der Waals surface area contributed by atoms with Crippen LogP contribution in [0.2, 0.25) is 0 Å². The van der Waals surface area contributed by atoms with Gasteiger partial charge in [-0.15, -0.1) is 5.10 Å². The van der Waals surface area contributed by atoms with Gasteiger partial charge in [0, 0.05) is 25.2 Å². The second kappa shape index (κ2) is 10.8. The predicted molar refractivity (Wildman–Crippen MR) is 118 cm³/mol. The first-order valence-corrected chi connectivity index (χ1v) is 10.8. The molecule has 3 aromatic rings. The molecule has 0 bridgehead atoms. The van der Waals surface area contributed by atoms with E-state index in [0.29, 0.717) is 12.1 Å². The summed E-state index contributed by atoms with van der Waals surface area (Å²) < 4.78 is 26.6. The molecule has 0 saturated carbocycles. The lowest BCUT2D eigenvalue weighted by atomic mass is 10.2. The fraction of sp³-hybridized carbons (Fsp3) is 0.348. The van der Waals surface area contributed by atoms with Gasteiger partial charge in [0.05, 0.1) is 26.4 Å². The third-order valence-corrected chi connectivity index (χ3v) is 5.53. The average molecular weight is 468 g/mol. The molecule has 10 nitrogen and oxygen atoms in total. The third kappa shape index (κ3) is 5.93. The molecule has 0 unspecified atom stereocenters. The number of nitrogens with zero attached hydrogens (tertiary/aromatic N) is 6. The van der Waals surface area contributed by atoms with Crippen molar-refractivity contribution in [3.63, 3.8) is 0 Å². The molecule has 2 amide bonds. The largest absolute Gasteiger partial charge is 0.497 e. The highest BCUT2D eigenvalue weighted by molar-refractivity contribution is 5.85. The second-order valence-electron chi connectivity index (χ2n) is 7.93. The van der Waals surface area contributed by atoms with Crippen LogP contribution in [0.1, 0.15) is 11.1 Å². The van der Waals surface area contributed by atoms with Crippen LogP contribution in [0.25, 0.3) is 0 Å². The van der Waals surface area contributed by atoms with E-state index in [9.17, 15) is 14.0 Å². The van der Waals surface area contributed by atoms with Crippen LogP contribution < -0.4 is 4.74 Å². The number of halogens is 1. The number of tetrazole rings is 1. The van der Waals surface area contributed by atoms with Crippen molar-refractivity contribution in [3.05, 3.63) is 71.8 Å². The SMILES string of the molecule is COc1ccc(CN2C[C@@H](OCc3ccccc3F)CN(C(=O)Cn3cnnn3)CC2=O)cc1. The van der Waals surface area contributed by atoms with Crippen LogP contribution in [-0.2, 0) is 34.0 Å².